The Bertz CT molecular complexity index is 481. The van der Waals surface area contributed by atoms with Gasteiger partial charge in [-0.3, -0.25) is 4.79 Å². The van der Waals surface area contributed by atoms with E-state index >= 15 is 0 Å². The van der Waals surface area contributed by atoms with Gasteiger partial charge in [-0.05, 0) is 63.2 Å². The molecule has 6 atom stereocenters. The lowest BCUT2D eigenvalue weighted by Crippen LogP contribution is -2.65. The second-order valence-corrected chi connectivity index (χ2v) is 8.61. The molecular weight excluding hydrogens is 294 g/mol. The fraction of sp³-hybridized carbons (Fsp3) is 0.941. The first-order valence-corrected chi connectivity index (χ1v) is 9.09. The lowest BCUT2D eigenvalue weighted by molar-refractivity contribution is -0.147. The highest BCUT2D eigenvalue weighted by Crippen LogP contribution is 2.57. The average molecular weight is 323 g/mol. The van der Waals surface area contributed by atoms with Crippen LogP contribution in [0.1, 0.15) is 51.4 Å². The van der Waals surface area contributed by atoms with Crippen LogP contribution in [0.4, 0.5) is 0 Å². The summed E-state index contributed by atoms with van der Waals surface area (Å²) in [6.07, 6.45) is 6.79. The highest BCUT2D eigenvalue weighted by atomic mass is 16.3. The highest BCUT2D eigenvalue weighted by molar-refractivity contribution is 5.79. The fourth-order valence-electron chi connectivity index (χ4n) is 6.24. The Balaban J connectivity index is 1.40. The molecule has 5 fully saturated rings. The van der Waals surface area contributed by atoms with Crippen molar-refractivity contribution in [3.8, 4) is 0 Å². The number of carbonyl (C=O) groups is 1. The molecule has 0 radical (unpaired) electrons. The van der Waals surface area contributed by atoms with Gasteiger partial charge in [-0.1, -0.05) is 0 Å². The van der Waals surface area contributed by atoms with Gasteiger partial charge in [-0.2, -0.15) is 0 Å². The Morgan fingerprint density at radius 1 is 1.30 bits per heavy atom. The molecular formula is C17H29N3O3. The molecule has 0 aromatic carbocycles. The fourth-order valence-corrected chi connectivity index (χ4v) is 6.24. The number of amides is 1. The third kappa shape index (κ3) is 2.80. The highest BCUT2D eigenvalue weighted by Gasteiger charge is 2.57. The van der Waals surface area contributed by atoms with E-state index in [0.717, 1.165) is 44.9 Å². The van der Waals surface area contributed by atoms with E-state index in [1.807, 2.05) is 0 Å². The number of likely N-dealkylation sites (tertiary alicyclic amines) is 1. The molecule has 4 saturated carbocycles. The van der Waals surface area contributed by atoms with Gasteiger partial charge >= 0.3 is 0 Å². The van der Waals surface area contributed by atoms with Crippen LogP contribution >= 0.6 is 0 Å². The van der Waals surface area contributed by atoms with Crippen LogP contribution in [0, 0.1) is 11.8 Å². The van der Waals surface area contributed by atoms with Gasteiger partial charge in [0, 0.05) is 12.1 Å². The molecule has 0 aromatic heterocycles. The van der Waals surface area contributed by atoms with Gasteiger partial charge in [-0.25, -0.2) is 0 Å². The zero-order chi connectivity index (χ0) is 16.2. The Morgan fingerprint density at radius 2 is 2.00 bits per heavy atom. The van der Waals surface area contributed by atoms with Crippen LogP contribution in [0.5, 0.6) is 0 Å². The molecule has 0 aromatic rings. The maximum absolute atomic E-state index is 12.6. The van der Waals surface area contributed by atoms with Gasteiger partial charge in [0.15, 0.2) is 0 Å². The van der Waals surface area contributed by atoms with E-state index in [0.29, 0.717) is 24.9 Å². The molecule has 5 aliphatic rings. The summed E-state index contributed by atoms with van der Waals surface area (Å²) >= 11 is 0. The summed E-state index contributed by atoms with van der Waals surface area (Å²) in [7, 11) is 0. The monoisotopic (exact) mass is 323 g/mol. The molecule has 4 bridgehead atoms. The maximum atomic E-state index is 12.6. The van der Waals surface area contributed by atoms with Crippen LogP contribution in [-0.4, -0.2) is 57.5 Å². The molecule has 0 spiro atoms. The number of aliphatic hydroxyl groups is 2. The third-order valence-electron chi connectivity index (χ3n) is 6.66. The zero-order valence-corrected chi connectivity index (χ0v) is 13.7. The van der Waals surface area contributed by atoms with Crippen LogP contribution < -0.4 is 11.1 Å². The molecule has 23 heavy (non-hydrogen) atoms. The third-order valence-corrected chi connectivity index (χ3v) is 6.66. The normalized spacial score (nSPS) is 46.4. The zero-order valence-electron chi connectivity index (χ0n) is 13.7. The Labute approximate surface area is 137 Å². The molecule has 1 saturated heterocycles. The molecule has 6 heteroatoms. The second-order valence-electron chi connectivity index (χ2n) is 8.61. The summed E-state index contributed by atoms with van der Waals surface area (Å²) in [5.74, 6) is 1.24. The number of hydrogen-bond acceptors (Lipinski definition) is 5. The first-order chi connectivity index (χ1) is 10.9. The van der Waals surface area contributed by atoms with E-state index in [1.165, 1.54) is 6.42 Å². The van der Waals surface area contributed by atoms with Gasteiger partial charge in [0.1, 0.15) is 6.23 Å². The van der Waals surface area contributed by atoms with Crippen molar-refractivity contribution in [3.05, 3.63) is 0 Å². The molecule has 5 rings (SSSR count). The summed E-state index contributed by atoms with van der Waals surface area (Å²) in [6, 6.07) is -0.246. The molecule has 1 amide bonds. The van der Waals surface area contributed by atoms with Crippen LogP contribution in [0.25, 0.3) is 0 Å². The van der Waals surface area contributed by atoms with Crippen molar-refractivity contribution in [2.45, 2.75) is 74.8 Å². The number of nitrogens with one attached hydrogen (secondary N) is 1. The van der Waals surface area contributed by atoms with E-state index in [2.05, 4.69) is 5.32 Å². The summed E-state index contributed by atoms with van der Waals surface area (Å²) in [6.45, 7) is 0.973. The number of nitrogens with zero attached hydrogens (tertiary/aromatic N) is 1. The van der Waals surface area contributed by atoms with Crippen molar-refractivity contribution in [1.82, 2.24) is 10.2 Å². The molecule has 5 N–H and O–H groups in total. The van der Waals surface area contributed by atoms with Crippen molar-refractivity contribution < 1.29 is 15.0 Å². The molecule has 4 aliphatic carbocycles. The number of hydrogen-bond donors (Lipinski definition) is 4. The lowest BCUT2D eigenvalue weighted by atomic mass is 9.51. The number of nitrogens with two attached hydrogens (primary N) is 1. The smallest absolute Gasteiger partial charge is 0.236 e. The number of rotatable bonds is 4. The quantitative estimate of drug-likeness (QED) is 0.543. The van der Waals surface area contributed by atoms with Crippen molar-refractivity contribution in [2.24, 2.45) is 17.6 Å². The van der Waals surface area contributed by atoms with Crippen LogP contribution in [0.15, 0.2) is 0 Å². The van der Waals surface area contributed by atoms with E-state index in [4.69, 9.17) is 5.73 Å². The lowest BCUT2D eigenvalue weighted by Gasteiger charge is -2.60. The van der Waals surface area contributed by atoms with E-state index < -0.39 is 11.8 Å². The van der Waals surface area contributed by atoms with Crippen molar-refractivity contribution in [2.75, 3.05) is 13.1 Å². The van der Waals surface area contributed by atoms with Crippen LogP contribution in [0.2, 0.25) is 0 Å². The minimum absolute atomic E-state index is 0.0275. The SMILES string of the molecule is N[C@H](O)[C@@H]1CCCN1C(=O)CNC12C[C@@H]3C[C@@H](CC(O)(C3)C1)C2. The van der Waals surface area contributed by atoms with Gasteiger partial charge in [-0.15, -0.1) is 0 Å². The largest absolute Gasteiger partial charge is 0.390 e. The minimum atomic E-state index is -0.957. The minimum Gasteiger partial charge on any atom is -0.390 e. The van der Waals surface area contributed by atoms with Gasteiger partial charge in [0.25, 0.3) is 0 Å². The molecule has 2 unspecified atom stereocenters. The Hall–Kier alpha value is -0.690. The second kappa shape index (κ2) is 5.41. The summed E-state index contributed by atoms with van der Waals surface area (Å²) in [4.78, 5) is 14.3. The van der Waals surface area contributed by atoms with Gasteiger partial charge in [0.05, 0.1) is 18.2 Å². The summed E-state index contributed by atoms with van der Waals surface area (Å²) in [5.41, 5.74) is 5.02. The van der Waals surface area contributed by atoms with Gasteiger partial charge in [0.2, 0.25) is 5.91 Å². The molecule has 1 heterocycles. The van der Waals surface area contributed by atoms with E-state index in [1.54, 1.807) is 4.90 Å². The topological polar surface area (TPSA) is 98.8 Å². The first kappa shape index (κ1) is 15.8. The number of aliphatic hydroxyl groups excluding tert-OH is 1. The predicted molar refractivity (Wildman–Crippen MR) is 85.3 cm³/mol. The van der Waals surface area contributed by atoms with Crippen LogP contribution in [0.3, 0.4) is 0 Å². The number of carbonyl (C=O) groups excluding carboxylic acids is 1. The Morgan fingerprint density at radius 3 is 2.61 bits per heavy atom. The average Bonchev–Trinajstić information content (AvgIpc) is 2.91. The summed E-state index contributed by atoms with van der Waals surface area (Å²) in [5, 5.41) is 23.9. The van der Waals surface area contributed by atoms with Crippen molar-refractivity contribution in [1.29, 1.82) is 0 Å². The molecule has 6 nitrogen and oxygen atoms in total. The van der Waals surface area contributed by atoms with Crippen molar-refractivity contribution in [3.63, 3.8) is 0 Å². The standard InChI is InChI=1S/C17H29N3O3/c18-15(22)13-2-1-3-20(13)14(21)9-19-16-5-11-4-12(6-16)8-17(23,7-11)10-16/h11-13,15,19,22-23H,1-10,18H2/t11-,12+,13-,15+,16?,17?/m0/s1. The van der Waals surface area contributed by atoms with Crippen molar-refractivity contribution >= 4 is 5.91 Å². The molecule has 130 valence electrons. The predicted octanol–water partition coefficient (Wildman–Crippen LogP) is -0.0722. The van der Waals surface area contributed by atoms with Gasteiger partial charge < -0.3 is 26.2 Å². The van der Waals surface area contributed by atoms with E-state index in [9.17, 15) is 15.0 Å². The van der Waals surface area contributed by atoms with Crippen LogP contribution in [-0.2, 0) is 4.79 Å². The summed E-state index contributed by atoms with van der Waals surface area (Å²) < 4.78 is 0. The molecule has 1 aliphatic heterocycles. The van der Waals surface area contributed by atoms with E-state index in [-0.39, 0.29) is 17.5 Å². The first-order valence-electron chi connectivity index (χ1n) is 9.09. The maximum Gasteiger partial charge on any atom is 0.236 e. The Kier molecular flexibility index (Phi) is 3.72.